The normalized spacial score (nSPS) is 11.4. The molecule has 1 aromatic carbocycles. The first-order chi connectivity index (χ1) is 13.5. The maximum Gasteiger partial charge on any atom is 0.325 e. The second-order valence-corrected chi connectivity index (χ2v) is 8.84. The Morgan fingerprint density at radius 2 is 1.90 bits per heavy atom. The number of carbonyl (C=O) groups excluding carboxylic acids is 1. The Balaban J connectivity index is 2.64. The SMILES string of the molecule is COC(=O)CNc1nc(F)c(Cl)c(S(=O)(=O)c2ccc(OC)c(C(C)C)c2)c1Cl. The Bertz CT molecular complexity index is 1050. The lowest BCUT2D eigenvalue weighted by Crippen LogP contribution is -2.17. The number of nitrogens with one attached hydrogen (secondary N) is 1. The van der Waals surface area contributed by atoms with Gasteiger partial charge in [0.2, 0.25) is 15.8 Å². The summed E-state index contributed by atoms with van der Waals surface area (Å²) in [5.74, 6) is -1.82. The zero-order valence-electron chi connectivity index (χ0n) is 16.0. The number of rotatable bonds is 7. The van der Waals surface area contributed by atoms with E-state index in [-0.39, 0.29) is 16.6 Å². The van der Waals surface area contributed by atoms with Crippen LogP contribution in [-0.2, 0) is 19.4 Å². The molecule has 0 unspecified atom stereocenters. The summed E-state index contributed by atoms with van der Waals surface area (Å²) in [7, 11) is -1.69. The molecule has 1 N–H and O–H groups in total. The number of hydrogen-bond acceptors (Lipinski definition) is 7. The van der Waals surface area contributed by atoms with Gasteiger partial charge in [-0.25, -0.2) is 8.42 Å². The standard InChI is InChI=1S/C18H19Cl2FN2O5S/c1-9(2)11-7-10(5-6-12(11)27-3)29(25,26)16-14(19)17(21)23-18(15(16)20)22-8-13(24)28-4/h5-7,9H,8H2,1-4H3,(H,22,23). The van der Waals surface area contributed by atoms with Gasteiger partial charge in [-0.05, 0) is 29.7 Å². The van der Waals surface area contributed by atoms with E-state index in [4.69, 9.17) is 27.9 Å². The fourth-order valence-electron chi connectivity index (χ4n) is 2.52. The van der Waals surface area contributed by atoms with Crippen LogP contribution < -0.4 is 10.1 Å². The number of benzene rings is 1. The predicted octanol–water partition coefficient (Wildman–Crippen LogP) is 4.08. The third kappa shape index (κ3) is 4.73. The fraction of sp³-hybridized carbons (Fsp3) is 0.333. The number of sulfone groups is 1. The second kappa shape index (κ2) is 9.15. The van der Waals surface area contributed by atoms with Crippen molar-refractivity contribution in [2.24, 2.45) is 0 Å². The molecule has 11 heteroatoms. The molecule has 0 aliphatic carbocycles. The van der Waals surface area contributed by atoms with E-state index in [1.807, 2.05) is 13.8 Å². The van der Waals surface area contributed by atoms with Gasteiger partial charge in [0.25, 0.3) is 0 Å². The predicted molar refractivity (Wildman–Crippen MR) is 107 cm³/mol. The van der Waals surface area contributed by atoms with E-state index in [9.17, 15) is 17.6 Å². The van der Waals surface area contributed by atoms with E-state index in [1.54, 1.807) is 0 Å². The first-order valence-electron chi connectivity index (χ1n) is 8.32. The van der Waals surface area contributed by atoms with Crippen molar-refractivity contribution in [2.45, 2.75) is 29.6 Å². The van der Waals surface area contributed by atoms with Crippen LogP contribution in [0.3, 0.4) is 0 Å². The van der Waals surface area contributed by atoms with E-state index < -0.39 is 43.2 Å². The van der Waals surface area contributed by atoms with E-state index in [0.29, 0.717) is 11.3 Å². The Morgan fingerprint density at radius 3 is 2.45 bits per heavy atom. The minimum atomic E-state index is -4.33. The van der Waals surface area contributed by atoms with E-state index >= 15 is 0 Å². The summed E-state index contributed by atoms with van der Waals surface area (Å²) in [6.45, 7) is 3.34. The number of aromatic nitrogens is 1. The highest BCUT2D eigenvalue weighted by Gasteiger charge is 2.30. The summed E-state index contributed by atoms with van der Waals surface area (Å²) in [5, 5.41) is 1.25. The van der Waals surface area contributed by atoms with Crippen molar-refractivity contribution in [1.82, 2.24) is 4.98 Å². The van der Waals surface area contributed by atoms with Crippen LogP contribution in [0.2, 0.25) is 10.0 Å². The smallest absolute Gasteiger partial charge is 0.325 e. The number of methoxy groups -OCH3 is 2. The Hall–Kier alpha value is -2.10. The van der Waals surface area contributed by atoms with Crippen LogP contribution in [-0.4, -0.2) is 40.1 Å². The second-order valence-electron chi connectivity index (χ2n) is 6.20. The number of nitrogens with zero attached hydrogens (tertiary/aromatic N) is 1. The van der Waals surface area contributed by atoms with Crippen molar-refractivity contribution in [3.05, 3.63) is 39.8 Å². The van der Waals surface area contributed by atoms with Gasteiger partial charge in [0.1, 0.15) is 33.1 Å². The summed E-state index contributed by atoms with van der Waals surface area (Å²) >= 11 is 12.1. The van der Waals surface area contributed by atoms with E-state index in [1.165, 1.54) is 25.3 Å². The summed E-state index contributed by atoms with van der Waals surface area (Å²) < 4.78 is 50.4. The number of anilines is 1. The molecule has 7 nitrogen and oxygen atoms in total. The minimum absolute atomic E-state index is 0.0440. The molecule has 158 valence electrons. The van der Waals surface area contributed by atoms with Crippen molar-refractivity contribution >= 4 is 44.8 Å². The van der Waals surface area contributed by atoms with Gasteiger partial charge in [-0.15, -0.1) is 0 Å². The molecule has 1 aromatic heterocycles. The van der Waals surface area contributed by atoms with Gasteiger partial charge in [-0.2, -0.15) is 9.37 Å². The molecular weight excluding hydrogens is 446 g/mol. The van der Waals surface area contributed by atoms with Gasteiger partial charge in [-0.3, -0.25) is 4.79 Å². The molecule has 0 aliphatic heterocycles. The topological polar surface area (TPSA) is 94.6 Å². The fourth-order valence-corrected chi connectivity index (χ4v) is 4.94. The number of ether oxygens (including phenoxy) is 2. The summed E-state index contributed by atoms with van der Waals surface area (Å²) in [6, 6.07) is 4.23. The number of pyridine rings is 1. The van der Waals surface area contributed by atoms with Crippen LogP contribution in [0.5, 0.6) is 5.75 Å². The third-order valence-electron chi connectivity index (χ3n) is 4.03. The molecule has 2 rings (SSSR count). The maximum absolute atomic E-state index is 14.3. The first kappa shape index (κ1) is 23.2. The molecule has 0 amide bonds. The first-order valence-corrected chi connectivity index (χ1v) is 10.6. The Morgan fingerprint density at radius 1 is 1.24 bits per heavy atom. The highest BCUT2D eigenvalue weighted by atomic mass is 35.5. The van der Waals surface area contributed by atoms with Crippen LogP contribution in [0.4, 0.5) is 10.2 Å². The lowest BCUT2D eigenvalue weighted by molar-refractivity contribution is -0.138. The minimum Gasteiger partial charge on any atom is -0.496 e. The molecule has 0 fully saturated rings. The van der Waals surface area contributed by atoms with Gasteiger partial charge >= 0.3 is 5.97 Å². The number of hydrogen-bond donors (Lipinski definition) is 1. The monoisotopic (exact) mass is 464 g/mol. The molecule has 0 saturated carbocycles. The van der Waals surface area contributed by atoms with Crippen molar-refractivity contribution in [1.29, 1.82) is 0 Å². The maximum atomic E-state index is 14.3. The molecular formula is C18H19Cl2FN2O5S. The Labute approximate surface area is 178 Å². The number of halogens is 3. The molecule has 0 atom stereocenters. The van der Waals surface area contributed by atoms with Crippen LogP contribution in [0.15, 0.2) is 28.0 Å². The number of carbonyl (C=O) groups is 1. The van der Waals surface area contributed by atoms with Gasteiger partial charge in [-0.1, -0.05) is 37.0 Å². The molecule has 0 aliphatic rings. The molecule has 29 heavy (non-hydrogen) atoms. The third-order valence-corrected chi connectivity index (χ3v) is 6.79. The van der Waals surface area contributed by atoms with Crippen LogP contribution in [0.25, 0.3) is 0 Å². The van der Waals surface area contributed by atoms with Gasteiger partial charge < -0.3 is 14.8 Å². The molecule has 0 bridgehead atoms. The molecule has 0 saturated heterocycles. The van der Waals surface area contributed by atoms with Crippen molar-refractivity contribution in [2.75, 3.05) is 26.1 Å². The zero-order chi connectivity index (χ0) is 21.9. The van der Waals surface area contributed by atoms with Crippen molar-refractivity contribution in [3.63, 3.8) is 0 Å². The average molecular weight is 465 g/mol. The summed E-state index contributed by atoms with van der Waals surface area (Å²) in [5.41, 5.74) is 0.638. The summed E-state index contributed by atoms with van der Waals surface area (Å²) in [6.07, 6.45) is 0. The summed E-state index contributed by atoms with van der Waals surface area (Å²) in [4.78, 5) is 14.0. The van der Waals surface area contributed by atoms with Crippen LogP contribution >= 0.6 is 23.2 Å². The molecule has 2 aromatic rings. The largest absolute Gasteiger partial charge is 0.496 e. The highest BCUT2D eigenvalue weighted by molar-refractivity contribution is 7.91. The molecule has 0 radical (unpaired) electrons. The highest BCUT2D eigenvalue weighted by Crippen LogP contribution is 2.40. The lowest BCUT2D eigenvalue weighted by atomic mass is 10.0. The lowest BCUT2D eigenvalue weighted by Gasteiger charge is -2.16. The molecule has 0 spiro atoms. The van der Waals surface area contributed by atoms with Gasteiger partial charge in [0.15, 0.2) is 0 Å². The van der Waals surface area contributed by atoms with E-state index in [2.05, 4.69) is 15.0 Å². The zero-order valence-corrected chi connectivity index (χ0v) is 18.4. The van der Waals surface area contributed by atoms with E-state index in [0.717, 1.165) is 7.11 Å². The van der Waals surface area contributed by atoms with Crippen molar-refractivity contribution < 1.29 is 27.1 Å². The quantitative estimate of drug-likeness (QED) is 0.487. The van der Waals surface area contributed by atoms with Crippen LogP contribution in [0.1, 0.15) is 25.3 Å². The van der Waals surface area contributed by atoms with Gasteiger partial charge in [0, 0.05) is 0 Å². The Kier molecular flexibility index (Phi) is 7.31. The number of esters is 1. The van der Waals surface area contributed by atoms with Gasteiger partial charge in [0.05, 0.1) is 19.1 Å². The van der Waals surface area contributed by atoms with Crippen molar-refractivity contribution in [3.8, 4) is 5.75 Å². The molecule has 1 heterocycles. The average Bonchev–Trinajstić information content (AvgIpc) is 2.68. The van der Waals surface area contributed by atoms with Crippen LogP contribution in [0, 0.1) is 5.95 Å².